The van der Waals surface area contributed by atoms with Crippen LogP contribution in [0.2, 0.25) is 0 Å². The number of aliphatic hydroxyl groups excluding tert-OH is 1. The molecule has 1 aliphatic rings. The van der Waals surface area contributed by atoms with E-state index >= 15 is 0 Å². The number of nitrogens with one attached hydrogen (secondary N) is 2. The first-order valence-electron chi connectivity index (χ1n) is 10.9. The van der Waals surface area contributed by atoms with Crippen LogP contribution < -0.4 is 10.6 Å². The van der Waals surface area contributed by atoms with E-state index in [-0.39, 0.29) is 18.7 Å². The summed E-state index contributed by atoms with van der Waals surface area (Å²) in [5.74, 6) is 1.55. The van der Waals surface area contributed by atoms with E-state index in [1.807, 2.05) is 49.4 Å². The van der Waals surface area contributed by atoms with Gasteiger partial charge in [0.1, 0.15) is 5.76 Å². The molecule has 8 heteroatoms. The number of hydrogen-bond donors (Lipinski definition) is 3. The number of carbonyl (C=O) groups excluding carboxylic acids is 1. The lowest BCUT2D eigenvalue weighted by Gasteiger charge is -2.32. The maximum absolute atomic E-state index is 11.9. The zero-order valence-electron chi connectivity index (χ0n) is 18.0. The van der Waals surface area contributed by atoms with E-state index in [1.165, 1.54) is 0 Å². The van der Waals surface area contributed by atoms with Crippen molar-refractivity contribution in [2.75, 3.05) is 32.8 Å². The molecule has 2 heterocycles. The second-order valence-electron chi connectivity index (χ2n) is 7.48. The summed E-state index contributed by atoms with van der Waals surface area (Å²) < 4.78 is 10.5. The molecule has 1 unspecified atom stereocenters. The van der Waals surface area contributed by atoms with Crippen LogP contribution in [0.4, 0.5) is 4.79 Å². The Balaban J connectivity index is 1.55. The minimum Gasteiger partial charge on any atom is -0.469 e. The van der Waals surface area contributed by atoms with Gasteiger partial charge in [-0.15, -0.1) is 0 Å². The van der Waals surface area contributed by atoms with E-state index in [2.05, 4.69) is 15.6 Å². The maximum Gasteiger partial charge on any atom is 0.409 e. The summed E-state index contributed by atoms with van der Waals surface area (Å²) in [6.45, 7) is 4.39. The third kappa shape index (κ3) is 7.32. The summed E-state index contributed by atoms with van der Waals surface area (Å²) in [6.07, 6.45) is 3.08. The number of carbonyl (C=O) groups is 1. The maximum atomic E-state index is 11.9. The van der Waals surface area contributed by atoms with Crippen molar-refractivity contribution in [2.45, 2.75) is 38.3 Å². The Kier molecular flexibility index (Phi) is 8.78. The Morgan fingerprint density at radius 1 is 1.26 bits per heavy atom. The predicted octanol–water partition coefficient (Wildman–Crippen LogP) is 2.71. The first kappa shape index (κ1) is 22.7. The van der Waals surface area contributed by atoms with Crippen molar-refractivity contribution in [1.29, 1.82) is 0 Å². The molecule has 1 saturated heterocycles. The lowest BCUT2D eigenvalue weighted by Crippen LogP contribution is -2.50. The molecule has 8 nitrogen and oxygen atoms in total. The van der Waals surface area contributed by atoms with Crippen LogP contribution in [0, 0.1) is 0 Å². The number of aliphatic imine (C=N–C) groups is 1. The normalized spacial score (nSPS) is 16.1. The SMILES string of the molecule is CCOC(=O)N1CCC(NC(=NCC(O)c2ccccc2)NCCc2ccco2)CC1. The molecule has 0 spiro atoms. The van der Waals surface area contributed by atoms with Crippen LogP contribution in [0.15, 0.2) is 58.1 Å². The number of aliphatic hydroxyl groups is 1. The number of ether oxygens (including phenoxy) is 1. The van der Waals surface area contributed by atoms with Gasteiger partial charge in [0.25, 0.3) is 0 Å². The highest BCUT2D eigenvalue weighted by Gasteiger charge is 2.24. The molecule has 168 valence electrons. The van der Waals surface area contributed by atoms with Crippen LogP contribution in [0.3, 0.4) is 0 Å². The van der Waals surface area contributed by atoms with E-state index < -0.39 is 6.10 Å². The minimum absolute atomic E-state index is 0.189. The van der Waals surface area contributed by atoms with E-state index in [0.717, 1.165) is 30.6 Å². The summed E-state index contributed by atoms with van der Waals surface area (Å²) >= 11 is 0. The topological polar surface area (TPSA) is 99.3 Å². The lowest BCUT2D eigenvalue weighted by molar-refractivity contribution is 0.0963. The molecule has 2 aromatic rings. The van der Waals surface area contributed by atoms with Gasteiger partial charge in [0.15, 0.2) is 5.96 Å². The van der Waals surface area contributed by atoms with Crippen molar-refractivity contribution >= 4 is 12.1 Å². The summed E-state index contributed by atoms with van der Waals surface area (Å²) in [5.41, 5.74) is 0.837. The highest BCUT2D eigenvalue weighted by atomic mass is 16.6. The molecule has 0 saturated carbocycles. The van der Waals surface area contributed by atoms with Crippen molar-refractivity contribution < 1.29 is 19.1 Å². The number of rotatable bonds is 8. The van der Waals surface area contributed by atoms with Crippen LogP contribution in [-0.4, -0.2) is 60.9 Å². The van der Waals surface area contributed by atoms with Gasteiger partial charge in [-0.05, 0) is 37.5 Å². The Morgan fingerprint density at radius 3 is 2.71 bits per heavy atom. The zero-order chi connectivity index (χ0) is 21.9. The van der Waals surface area contributed by atoms with E-state index in [4.69, 9.17) is 9.15 Å². The first-order valence-corrected chi connectivity index (χ1v) is 10.9. The van der Waals surface area contributed by atoms with Crippen LogP contribution in [0.25, 0.3) is 0 Å². The first-order chi connectivity index (χ1) is 15.2. The van der Waals surface area contributed by atoms with Gasteiger partial charge in [-0.25, -0.2) is 4.79 Å². The monoisotopic (exact) mass is 428 g/mol. The predicted molar refractivity (Wildman–Crippen MR) is 119 cm³/mol. The molecule has 0 aliphatic carbocycles. The van der Waals surface area contributed by atoms with Crippen LogP contribution in [0.1, 0.15) is 37.2 Å². The average Bonchev–Trinajstić information content (AvgIpc) is 3.32. The van der Waals surface area contributed by atoms with Gasteiger partial charge in [-0.2, -0.15) is 0 Å². The Hall–Kier alpha value is -3.00. The van der Waals surface area contributed by atoms with Crippen LogP contribution >= 0.6 is 0 Å². The molecule has 0 bridgehead atoms. The van der Waals surface area contributed by atoms with Gasteiger partial charge in [-0.1, -0.05) is 30.3 Å². The number of furan rings is 1. The van der Waals surface area contributed by atoms with Gasteiger partial charge in [0.2, 0.25) is 0 Å². The zero-order valence-corrected chi connectivity index (χ0v) is 18.0. The molecular weight excluding hydrogens is 396 g/mol. The standard InChI is InChI=1S/C23H32N4O4/c1-2-30-23(29)27-14-11-19(12-15-27)26-22(24-13-10-20-9-6-16-31-20)25-17-21(28)18-7-4-3-5-8-18/h3-9,16,19,21,28H,2,10-15,17H2,1H3,(H2,24,25,26). The Labute approximate surface area is 183 Å². The van der Waals surface area contributed by atoms with Gasteiger partial charge in [0, 0.05) is 32.1 Å². The van der Waals surface area contributed by atoms with Crippen molar-refractivity contribution in [2.24, 2.45) is 4.99 Å². The second-order valence-corrected chi connectivity index (χ2v) is 7.48. The van der Waals surface area contributed by atoms with Crippen molar-refractivity contribution in [3.63, 3.8) is 0 Å². The summed E-state index contributed by atoms with van der Waals surface area (Å²) in [4.78, 5) is 18.2. The summed E-state index contributed by atoms with van der Waals surface area (Å²) in [5, 5.41) is 17.2. The van der Waals surface area contributed by atoms with Gasteiger partial charge in [-0.3, -0.25) is 4.99 Å². The van der Waals surface area contributed by atoms with Gasteiger partial charge >= 0.3 is 6.09 Å². The third-order valence-corrected chi connectivity index (χ3v) is 5.21. The lowest BCUT2D eigenvalue weighted by atomic mass is 10.1. The molecule has 1 aromatic carbocycles. The fourth-order valence-corrected chi connectivity index (χ4v) is 3.48. The Morgan fingerprint density at radius 2 is 2.03 bits per heavy atom. The number of hydrogen-bond acceptors (Lipinski definition) is 5. The van der Waals surface area contributed by atoms with Crippen molar-refractivity contribution in [3.8, 4) is 0 Å². The molecular formula is C23H32N4O4. The number of piperidine rings is 1. The number of likely N-dealkylation sites (tertiary alicyclic amines) is 1. The molecule has 1 amide bonds. The van der Waals surface area contributed by atoms with E-state index in [0.29, 0.717) is 32.2 Å². The number of amides is 1. The fraction of sp³-hybridized carbons (Fsp3) is 0.478. The fourth-order valence-electron chi connectivity index (χ4n) is 3.48. The molecule has 0 radical (unpaired) electrons. The quantitative estimate of drug-likeness (QED) is 0.442. The van der Waals surface area contributed by atoms with E-state index in [1.54, 1.807) is 11.2 Å². The molecule has 31 heavy (non-hydrogen) atoms. The molecule has 3 rings (SSSR count). The average molecular weight is 429 g/mol. The minimum atomic E-state index is -0.671. The van der Waals surface area contributed by atoms with Crippen LogP contribution in [0.5, 0.6) is 0 Å². The summed E-state index contributed by atoms with van der Waals surface area (Å²) in [6, 6.07) is 13.5. The molecule has 3 N–H and O–H groups in total. The molecule has 1 aliphatic heterocycles. The number of nitrogens with zero attached hydrogens (tertiary/aromatic N) is 2. The molecule has 1 aromatic heterocycles. The third-order valence-electron chi connectivity index (χ3n) is 5.21. The molecule has 1 fully saturated rings. The van der Waals surface area contributed by atoms with E-state index in [9.17, 15) is 9.90 Å². The summed E-state index contributed by atoms with van der Waals surface area (Å²) in [7, 11) is 0. The highest BCUT2D eigenvalue weighted by Crippen LogP contribution is 2.13. The van der Waals surface area contributed by atoms with Gasteiger partial charge < -0.3 is 29.8 Å². The van der Waals surface area contributed by atoms with Crippen molar-refractivity contribution in [1.82, 2.24) is 15.5 Å². The smallest absolute Gasteiger partial charge is 0.409 e. The highest BCUT2D eigenvalue weighted by molar-refractivity contribution is 5.80. The Bertz CT molecular complexity index is 802. The largest absolute Gasteiger partial charge is 0.469 e. The number of benzene rings is 1. The van der Waals surface area contributed by atoms with Crippen molar-refractivity contribution in [3.05, 3.63) is 60.1 Å². The molecule has 1 atom stereocenters. The van der Waals surface area contributed by atoms with Gasteiger partial charge in [0.05, 0.1) is 25.5 Å². The second kappa shape index (κ2) is 12.0. The van der Waals surface area contributed by atoms with Crippen LogP contribution in [-0.2, 0) is 11.2 Å². The number of guanidine groups is 1.